The number of hydrogen-bond donors (Lipinski definition) is 2. The van der Waals surface area contributed by atoms with E-state index in [1.165, 1.54) is 35.2 Å². The van der Waals surface area contributed by atoms with E-state index in [4.69, 9.17) is 0 Å². The number of aliphatic hydroxyl groups is 1. The van der Waals surface area contributed by atoms with Crippen LogP contribution >= 0.6 is 27.7 Å². The summed E-state index contributed by atoms with van der Waals surface area (Å²) in [6.07, 6.45) is 2.73. The molecule has 0 saturated carbocycles. The van der Waals surface area contributed by atoms with Crippen LogP contribution in [0.25, 0.3) is 0 Å². The van der Waals surface area contributed by atoms with E-state index in [1.54, 1.807) is 48.5 Å². The molecule has 0 spiro atoms. The zero-order valence-corrected chi connectivity index (χ0v) is 20.1. The molecule has 4 aromatic rings. The normalized spacial score (nSPS) is 12.8. The highest BCUT2D eigenvalue weighted by Crippen LogP contribution is 2.33. The average Bonchev–Trinajstić information content (AvgIpc) is 3.31. The van der Waals surface area contributed by atoms with Crippen LogP contribution < -0.4 is 5.32 Å². The number of rotatable bonds is 8. The third-order valence-corrected chi connectivity index (χ3v) is 6.77. The zero-order chi connectivity index (χ0) is 24.1. The average molecular weight is 545 g/mol. The van der Waals surface area contributed by atoms with Crippen LogP contribution in [0.5, 0.6) is 0 Å². The Morgan fingerprint density at radius 2 is 1.82 bits per heavy atom. The van der Waals surface area contributed by atoms with Gasteiger partial charge >= 0.3 is 0 Å². The van der Waals surface area contributed by atoms with Crippen molar-refractivity contribution in [3.05, 3.63) is 107 Å². The molecule has 1 unspecified atom stereocenters. The Labute approximate surface area is 207 Å². The van der Waals surface area contributed by atoms with Crippen molar-refractivity contribution in [2.45, 2.75) is 17.0 Å². The summed E-state index contributed by atoms with van der Waals surface area (Å²) >= 11 is 4.63. The fourth-order valence-electron chi connectivity index (χ4n) is 3.30. The zero-order valence-electron chi connectivity index (χ0n) is 17.7. The molecule has 0 saturated heterocycles. The maximum absolute atomic E-state index is 14.5. The molecule has 3 aromatic carbocycles. The standard InChI is InChI=1S/C24H19BrF2N4O2S/c25-17-3-1-16(2-4-17)23(32)30-19-6-8-20(9-7-19)34-13-24(33,12-31-15-28-14-29-31)21-10-5-18(26)11-22(21)27/h1-11,14-15,33H,12-13H2,(H,30,32). The first-order chi connectivity index (χ1) is 16.3. The Morgan fingerprint density at radius 1 is 1.09 bits per heavy atom. The molecule has 1 heterocycles. The number of nitrogens with zero attached hydrogens (tertiary/aromatic N) is 3. The predicted octanol–water partition coefficient (Wildman–Crippen LogP) is 5.25. The Balaban J connectivity index is 1.46. The number of hydrogen-bond acceptors (Lipinski definition) is 5. The third kappa shape index (κ3) is 5.88. The number of benzene rings is 3. The molecule has 34 heavy (non-hydrogen) atoms. The molecular weight excluding hydrogens is 526 g/mol. The van der Waals surface area contributed by atoms with E-state index < -0.39 is 17.2 Å². The SMILES string of the molecule is O=C(Nc1ccc(SCC(O)(Cn2cncn2)c2ccc(F)cc2F)cc1)c1ccc(Br)cc1. The molecule has 0 radical (unpaired) electrons. The highest BCUT2D eigenvalue weighted by molar-refractivity contribution is 9.10. The summed E-state index contributed by atoms with van der Waals surface area (Å²) in [6, 6.07) is 17.2. The van der Waals surface area contributed by atoms with Gasteiger partial charge in [-0.15, -0.1) is 11.8 Å². The van der Waals surface area contributed by atoms with Gasteiger partial charge in [0.2, 0.25) is 0 Å². The fourth-order valence-corrected chi connectivity index (χ4v) is 4.54. The number of amides is 1. The van der Waals surface area contributed by atoms with Gasteiger partial charge in [-0.2, -0.15) is 5.10 Å². The molecule has 6 nitrogen and oxygen atoms in total. The van der Waals surface area contributed by atoms with E-state index in [1.807, 2.05) is 0 Å². The Bertz CT molecular complexity index is 1270. The third-order valence-electron chi connectivity index (χ3n) is 5.02. The number of carbonyl (C=O) groups excluding carboxylic acids is 1. The van der Waals surface area contributed by atoms with Crippen molar-refractivity contribution in [1.29, 1.82) is 0 Å². The Morgan fingerprint density at radius 3 is 2.47 bits per heavy atom. The van der Waals surface area contributed by atoms with Crippen molar-refractivity contribution in [3.8, 4) is 0 Å². The summed E-state index contributed by atoms with van der Waals surface area (Å²) in [5.41, 5.74) is -0.568. The molecular formula is C24H19BrF2N4O2S. The number of anilines is 1. The summed E-state index contributed by atoms with van der Waals surface area (Å²) < 4.78 is 30.2. The monoisotopic (exact) mass is 544 g/mol. The first kappa shape index (κ1) is 24.1. The van der Waals surface area contributed by atoms with E-state index in [0.29, 0.717) is 11.3 Å². The van der Waals surface area contributed by atoms with Gasteiger partial charge in [0.05, 0.1) is 6.54 Å². The molecule has 0 aliphatic rings. The van der Waals surface area contributed by atoms with Crippen molar-refractivity contribution in [2.24, 2.45) is 0 Å². The van der Waals surface area contributed by atoms with Gasteiger partial charge in [0.25, 0.3) is 5.91 Å². The summed E-state index contributed by atoms with van der Waals surface area (Å²) in [6.45, 7) is -0.0656. The first-order valence-corrected chi connectivity index (χ1v) is 11.9. The summed E-state index contributed by atoms with van der Waals surface area (Å²) in [4.78, 5) is 17.0. The van der Waals surface area contributed by atoms with Crippen molar-refractivity contribution < 1.29 is 18.7 Å². The predicted molar refractivity (Wildman–Crippen MR) is 130 cm³/mol. The first-order valence-electron chi connectivity index (χ1n) is 10.1. The number of thioether (sulfide) groups is 1. The second-order valence-electron chi connectivity index (χ2n) is 7.52. The molecule has 0 aliphatic heterocycles. The molecule has 0 aliphatic carbocycles. The molecule has 1 aromatic heterocycles. The number of aromatic nitrogens is 3. The molecule has 2 N–H and O–H groups in total. The smallest absolute Gasteiger partial charge is 0.255 e. The van der Waals surface area contributed by atoms with Gasteiger partial charge in [-0.3, -0.25) is 4.79 Å². The minimum absolute atomic E-state index is 0.0321. The van der Waals surface area contributed by atoms with Crippen molar-refractivity contribution in [2.75, 3.05) is 11.1 Å². The lowest BCUT2D eigenvalue weighted by Gasteiger charge is -2.28. The molecule has 4 rings (SSSR count). The second-order valence-corrected chi connectivity index (χ2v) is 9.49. The Kier molecular flexibility index (Phi) is 7.40. The van der Waals surface area contributed by atoms with Gasteiger partial charge < -0.3 is 10.4 Å². The summed E-state index contributed by atoms with van der Waals surface area (Å²) in [5, 5.41) is 18.2. The lowest BCUT2D eigenvalue weighted by molar-refractivity contribution is 0.0360. The van der Waals surface area contributed by atoms with Crippen molar-refractivity contribution >= 4 is 39.3 Å². The second kappa shape index (κ2) is 10.5. The largest absolute Gasteiger partial charge is 0.382 e. The molecule has 1 atom stereocenters. The van der Waals surface area contributed by atoms with Crippen molar-refractivity contribution in [3.63, 3.8) is 0 Å². The maximum atomic E-state index is 14.5. The van der Waals surface area contributed by atoms with Crippen molar-refractivity contribution in [1.82, 2.24) is 14.8 Å². The summed E-state index contributed by atoms with van der Waals surface area (Å²) in [5.74, 6) is -1.73. The number of carbonyl (C=O) groups is 1. The molecule has 0 bridgehead atoms. The van der Waals surface area contributed by atoms with Crippen LogP contribution in [0.2, 0.25) is 0 Å². The van der Waals surface area contributed by atoms with Gasteiger partial charge in [-0.25, -0.2) is 18.4 Å². The topological polar surface area (TPSA) is 80.0 Å². The lowest BCUT2D eigenvalue weighted by atomic mass is 9.95. The molecule has 10 heteroatoms. The molecule has 174 valence electrons. The van der Waals surface area contributed by atoms with Gasteiger partial charge in [0.15, 0.2) is 0 Å². The molecule has 0 fully saturated rings. The Hall–Kier alpha value is -3.08. The van der Waals surface area contributed by atoms with E-state index in [9.17, 15) is 18.7 Å². The van der Waals surface area contributed by atoms with Crippen LogP contribution in [-0.4, -0.2) is 31.5 Å². The lowest BCUT2D eigenvalue weighted by Crippen LogP contribution is -2.35. The van der Waals surface area contributed by atoms with Gasteiger partial charge in [0, 0.05) is 38.0 Å². The maximum Gasteiger partial charge on any atom is 0.255 e. The van der Waals surface area contributed by atoms with Crippen LogP contribution in [-0.2, 0) is 12.1 Å². The van der Waals surface area contributed by atoms with Gasteiger partial charge in [0.1, 0.15) is 29.9 Å². The minimum atomic E-state index is -1.68. The van der Waals surface area contributed by atoms with E-state index in [-0.39, 0.29) is 23.8 Å². The molecule has 1 amide bonds. The quantitative estimate of drug-likeness (QED) is 0.296. The highest BCUT2D eigenvalue weighted by Gasteiger charge is 2.33. The summed E-state index contributed by atoms with van der Waals surface area (Å²) in [7, 11) is 0. The van der Waals surface area contributed by atoms with Crippen LogP contribution in [0.1, 0.15) is 15.9 Å². The fraction of sp³-hybridized carbons (Fsp3) is 0.125. The van der Waals surface area contributed by atoms with Gasteiger partial charge in [-0.1, -0.05) is 22.0 Å². The van der Waals surface area contributed by atoms with E-state index in [2.05, 4.69) is 31.3 Å². The number of nitrogens with one attached hydrogen (secondary N) is 1. The van der Waals surface area contributed by atoms with Gasteiger partial charge in [-0.05, 0) is 54.6 Å². The van der Waals surface area contributed by atoms with Crippen LogP contribution in [0.15, 0.2) is 88.8 Å². The highest BCUT2D eigenvalue weighted by atomic mass is 79.9. The minimum Gasteiger partial charge on any atom is -0.382 e. The van der Waals surface area contributed by atoms with Crippen LogP contribution in [0, 0.1) is 11.6 Å². The number of halogens is 3. The van der Waals surface area contributed by atoms with Crippen LogP contribution in [0.3, 0.4) is 0 Å². The van der Waals surface area contributed by atoms with E-state index in [0.717, 1.165) is 21.5 Å². The van der Waals surface area contributed by atoms with E-state index >= 15 is 0 Å². The van der Waals surface area contributed by atoms with Crippen LogP contribution in [0.4, 0.5) is 14.5 Å².